The molecule has 10 heteroatoms. The van der Waals surface area contributed by atoms with Crippen LogP contribution >= 0.6 is 7.82 Å². The van der Waals surface area contributed by atoms with E-state index in [9.17, 15) is 19.0 Å². The van der Waals surface area contributed by atoms with E-state index in [4.69, 9.17) is 13.8 Å². The molecule has 0 radical (unpaired) electrons. The molecule has 0 aromatic carbocycles. The van der Waals surface area contributed by atoms with Gasteiger partial charge in [-0.05, 0) is 115 Å². The fourth-order valence-corrected chi connectivity index (χ4v) is 9.47. The lowest BCUT2D eigenvalue weighted by Gasteiger charge is -2.27. The molecular weight excluding hydrogens is 1000 g/mol. The Labute approximate surface area is 487 Å². The molecule has 9 nitrogen and oxygen atoms in total. The number of phosphoric ester groups is 1. The normalized spacial score (nSPS) is 14.4. The van der Waals surface area contributed by atoms with E-state index in [1.165, 1.54) is 103 Å². The van der Waals surface area contributed by atoms with Gasteiger partial charge in [0.15, 0.2) is 0 Å². The number of esters is 1. The van der Waals surface area contributed by atoms with Gasteiger partial charge in [-0.3, -0.25) is 18.6 Å². The van der Waals surface area contributed by atoms with Gasteiger partial charge in [-0.2, -0.15) is 0 Å². The predicted molar refractivity (Wildman–Crippen MR) is 341 cm³/mol. The molecule has 79 heavy (non-hydrogen) atoms. The van der Waals surface area contributed by atoms with E-state index in [-0.39, 0.29) is 31.5 Å². The van der Waals surface area contributed by atoms with Crippen LogP contribution < -0.4 is 5.32 Å². The van der Waals surface area contributed by atoms with Gasteiger partial charge in [-0.1, -0.05) is 246 Å². The molecular formula is C69H122N2O7P+. The van der Waals surface area contributed by atoms with Crippen molar-refractivity contribution < 1.29 is 37.3 Å². The second-order valence-electron chi connectivity index (χ2n) is 22.5. The van der Waals surface area contributed by atoms with Crippen molar-refractivity contribution in [1.29, 1.82) is 0 Å². The summed E-state index contributed by atoms with van der Waals surface area (Å²) in [5.41, 5.74) is 0. The Morgan fingerprint density at radius 2 is 0.810 bits per heavy atom. The maximum absolute atomic E-state index is 13.6. The lowest BCUT2D eigenvalue weighted by atomic mass is 10.0. The summed E-state index contributed by atoms with van der Waals surface area (Å²) >= 11 is 0. The zero-order valence-corrected chi connectivity index (χ0v) is 52.7. The second-order valence-corrected chi connectivity index (χ2v) is 24.0. The maximum Gasteiger partial charge on any atom is 0.472 e. The fraction of sp³-hybridized carbons (Fsp3) is 0.710. The molecule has 3 unspecified atom stereocenters. The van der Waals surface area contributed by atoms with Gasteiger partial charge < -0.3 is 19.4 Å². The first kappa shape index (κ1) is 75.7. The minimum Gasteiger partial charge on any atom is -0.456 e. The highest BCUT2D eigenvalue weighted by atomic mass is 31.2. The van der Waals surface area contributed by atoms with Crippen molar-refractivity contribution in [3.63, 3.8) is 0 Å². The minimum absolute atomic E-state index is 0.0289. The van der Waals surface area contributed by atoms with Crippen molar-refractivity contribution in [3.05, 3.63) is 109 Å². The number of carbonyl (C=O) groups is 2. The standard InChI is InChI=1S/C69H121N2O7P/c1-7-10-13-16-19-22-25-28-30-32-33-34-35-36-37-39-41-44-47-50-53-56-59-62-69(73)78-67(60-57-54-51-48-45-42-27-24-21-18-15-12-9-3)66(65-77-79(74,75)76-64-63-71(4,5)6)70-68(72)61-58-55-52-49-46-43-40-38-31-29-26-23-20-17-14-11-8-2/h10,13,19-20,22-23,28-31,33-34,36-37,41,44,57,60,66-67H,7-9,11-12,14-18,21,24-27,32,35,38-40,42-43,45-56,58-59,61-65H2,1-6H3,(H-,70,72,74,75)/p+1/b13-10-,22-19-,23-20-,30-28-,31-29-,34-33-,37-36-,44-41-,60-57-. The molecule has 0 heterocycles. The number of likely N-dealkylation sites (N-methyl/N-ethyl adjacent to an activating group) is 1. The molecule has 454 valence electrons. The zero-order chi connectivity index (χ0) is 57.9. The van der Waals surface area contributed by atoms with Crippen molar-refractivity contribution in [2.45, 2.75) is 277 Å². The summed E-state index contributed by atoms with van der Waals surface area (Å²) in [6.07, 6.45) is 79.4. The van der Waals surface area contributed by atoms with E-state index in [1.54, 1.807) is 0 Å². The van der Waals surface area contributed by atoms with Crippen LogP contribution in [0.3, 0.4) is 0 Å². The molecule has 2 N–H and O–H groups in total. The summed E-state index contributed by atoms with van der Waals surface area (Å²) in [7, 11) is 1.46. The quantitative estimate of drug-likeness (QED) is 0.0205. The first-order chi connectivity index (χ1) is 38.4. The molecule has 0 fully saturated rings. The average Bonchev–Trinajstić information content (AvgIpc) is 3.41. The molecule has 3 atom stereocenters. The van der Waals surface area contributed by atoms with Gasteiger partial charge in [0.25, 0.3) is 0 Å². The summed E-state index contributed by atoms with van der Waals surface area (Å²) in [6.45, 7) is 6.85. The second kappa shape index (κ2) is 57.9. The van der Waals surface area contributed by atoms with Crippen molar-refractivity contribution in [2.75, 3.05) is 40.9 Å². The van der Waals surface area contributed by atoms with E-state index in [2.05, 4.69) is 123 Å². The highest BCUT2D eigenvalue weighted by molar-refractivity contribution is 7.47. The van der Waals surface area contributed by atoms with E-state index in [0.717, 1.165) is 122 Å². The number of carbonyl (C=O) groups excluding carboxylic acids is 2. The van der Waals surface area contributed by atoms with Crippen LogP contribution in [0.25, 0.3) is 0 Å². The Balaban J connectivity index is 5.32. The molecule has 0 saturated heterocycles. The van der Waals surface area contributed by atoms with Gasteiger partial charge in [-0.25, -0.2) is 4.57 Å². The van der Waals surface area contributed by atoms with Gasteiger partial charge in [0.05, 0.1) is 33.8 Å². The number of hydrogen-bond acceptors (Lipinski definition) is 6. The Bertz CT molecular complexity index is 1720. The molecule has 1 amide bonds. The number of quaternary nitrogens is 1. The van der Waals surface area contributed by atoms with Crippen LogP contribution in [0, 0.1) is 0 Å². The summed E-state index contributed by atoms with van der Waals surface area (Å²) in [4.78, 5) is 37.8. The topological polar surface area (TPSA) is 111 Å². The lowest BCUT2D eigenvalue weighted by Crippen LogP contribution is -2.47. The maximum atomic E-state index is 13.6. The lowest BCUT2D eigenvalue weighted by molar-refractivity contribution is -0.870. The van der Waals surface area contributed by atoms with Gasteiger partial charge in [0, 0.05) is 12.8 Å². The summed E-state index contributed by atoms with van der Waals surface area (Å²) < 4.78 is 30.7. The average molecular weight is 1120 g/mol. The Hall–Kier alpha value is -3.33. The van der Waals surface area contributed by atoms with Crippen molar-refractivity contribution >= 4 is 19.7 Å². The molecule has 0 aromatic rings. The SMILES string of the molecule is CC/C=C\C/C=C\C/C=C\C/C=C\C/C=C\C/C=C\CCCCCCC(=O)OC(/C=C\CCCCCCCCCCCCC)C(COP(=O)(O)OCC[N+](C)(C)C)NC(=O)CCCCCCCCC/C=C\C/C=C\CCCCC. The Morgan fingerprint density at radius 3 is 1.24 bits per heavy atom. The Morgan fingerprint density at radius 1 is 0.456 bits per heavy atom. The first-order valence-corrected chi connectivity index (χ1v) is 33.7. The van der Waals surface area contributed by atoms with Crippen molar-refractivity contribution in [2.24, 2.45) is 0 Å². The summed E-state index contributed by atoms with van der Waals surface area (Å²) in [6, 6.07) is -0.871. The molecule has 0 aliphatic carbocycles. The van der Waals surface area contributed by atoms with Crippen LogP contribution in [0.1, 0.15) is 265 Å². The van der Waals surface area contributed by atoms with E-state index < -0.39 is 20.0 Å². The van der Waals surface area contributed by atoms with Crippen LogP contribution in [-0.2, 0) is 27.9 Å². The number of rotatable bonds is 57. The number of amides is 1. The number of nitrogens with zero attached hydrogens (tertiary/aromatic N) is 1. The van der Waals surface area contributed by atoms with Crippen molar-refractivity contribution in [3.8, 4) is 0 Å². The van der Waals surface area contributed by atoms with Crippen LogP contribution in [0.2, 0.25) is 0 Å². The minimum atomic E-state index is -4.47. The van der Waals surface area contributed by atoms with Crippen LogP contribution in [0.4, 0.5) is 0 Å². The van der Waals surface area contributed by atoms with Crippen LogP contribution in [-0.4, -0.2) is 74.3 Å². The Kier molecular flexibility index (Phi) is 55.4. The van der Waals surface area contributed by atoms with Crippen LogP contribution in [0.5, 0.6) is 0 Å². The molecule has 0 aliphatic rings. The number of hydrogen-bond donors (Lipinski definition) is 2. The van der Waals surface area contributed by atoms with Gasteiger partial charge in [0.2, 0.25) is 5.91 Å². The monoisotopic (exact) mass is 1120 g/mol. The number of ether oxygens (including phenoxy) is 1. The predicted octanol–water partition coefficient (Wildman–Crippen LogP) is 20.1. The number of phosphoric acid groups is 1. The summed E-state index contributed by atoms with van der Waals surface area (Å²) in [5.74, 6) is -0.546. The summed E-state index contributed by atoms with van der Waals surface area (Å²) in [5, 5.41) is 3.05. The smallest absolute Gasteiger partial charge is 0.456 e. The van der Waals surface area contributed by atoms with Gasteiger partial charge >= 0.3 is 13.8 Å². The molecule has 0 spiro atoms. The van der Waals surface area contributed by atoms with E-state index >= 15 is 0 Å². The van der Waals surface area contributed by atoms with Gasteiger partial charge in [-0.15, -0.1) is 0 Å². The zero-order valence-electron chi connectivity index (χ0n) is 51.8. The highest BCUT2D eigenvalue weighted by Gasteiger charge is 2.30. The molecule has 0 aliphatic heterocycles. The van der Waals surface area contributed by atoms with Crippen molar-refractivity contribution in [1.82, 2.24) is 5.32 Å². The highest BCUT2D eigenvalue weighted by Crippen LogP contribution is 2.43. The third kappa shape index (κ3) is 59.1. The molecule has 0 saturated carbocycles. The molecule has 0 rings (SSSR count). The fourth-order valence-electron chi connectivity index (χ4n) is 8.74. The van der Waals surface area contributed by atoms with E-state index in [1.807, 2.05) is 33.3 Å². The van der Waals surface area contributed by atoms with Crippen LogP contribution in [0.15, 0.2) is 109 Å². The van der Waals surface area contributed by atoms with E-state index in [0.29, 0.717) is 23.9 Å². The number of allylic oxidation sites excluding steroid dienone is 17. The largest absolute Gasteiger partial charge is 0.472 e. The first-order valence-electron chi connectivity index (χ1n) is 32.2. The third-order valence-corrected chi connectivity index (χ3v) is 14.7. The molecule has 0 bridgehead atoms. The molecule has 0 aromatic heterocycles. The third-order valence-electron chi connectivity index (χ3n) is 13.7. The van der Waals surface area contributed by atoms with Gasteiger partial charge in [0.1, 0.15) is 19.3 Å². The number of unbranched alkanes of at least 4 members (excludes halogenated alkanes) is 25. The number of nitrogens with one attached hydrogen (secondary N) is 1.